The van der Waals surface area contributed by atoms with Gasteiger partial charge in [0.15, 0.2) is 0 Å². The van der Waals surface area contributed by atoms with E-state index in [1.165, 1.54) is 31.7 Å². The maximum Gasteiger partial charge on any atom is 0.0534 e. The van der Waals surface area contributed by atoms with Crippen molar-refractivity contribution in [2.75, 3.05) is 39.3 Å². The largest absolute Gasteiger partial charge is 0.314 e. The topological polar surface area (TPSA) is 36.3 Å². The lowest BCUT2D eigenvalue weighted by atomic mass is 10.1. The highest BCUT2D eigenvalue weighted by molar-refractivity contribution is 5.06. The van der Waals surface area contributed by atoms with Crippen LogP contribution in [0.3, 0.4) is 0 Å². The van der Waals surface area contributed by atoms with Crippen molar-refractivity contribution in [3.05, 3.63) is 18.0 Å². The second-order valence-corrected chi connectivity index (χ2v) is 6.06. The molecule has 2 aliphatic heterocycles. The molecule has 5 heteroatoms. The zero-order chi connectivity index (χ0) is 13.2. The molecule has 1 aromatic heterocycles. The molecule has 0 saturated carbocycles. The van der Waals surface area contributed by atoms with Crippen LogP contribution in [0.5, 0.6) is 0 Å². The number of hydrogen-bond acceptors (Lipinski definition) is 4. The van der Waals surface area contributed by atoms with Gasteiger partial charge in [-0.1, -0.05) is 0 Å². The minimum Gasteiger partial charge on any atom is -0.314 e. The van der Waals surface area contributed by atoms with E-state index in [1.807, 2.05) is 10.9 Å². The SMILES string of the molecule is CC(C)n1cc(CN2CC(N3CCNCC3)C2)cn1. The van der Waals surface area contributed by atoms with Gasteiger partial charge in [0.1, 0.15) is 0 Å². The molecule has 106 valence electrons. The van der Waals surface area contributed by atoms with Gasteiger partial charge in [-0.3, -0.25) is 14.5 Å². The van der Waals surface area contributed by atoms with Crippen LogP contribution in [0.2, 0.25) is 0 Å². The van der Waals surface area contributed by atoms with Crippen LogP contribution in [0.1, 0.15) is 25.5 Å². The van der Waals surface area contributed by atoms with Gasteiger partial charge in [-0.25, -0.2) is 0 Å². The summed E-state index contributed by atoms with van der Waals surface area (Å²) < 4.78 is 2.04. The van der Waals surface area contributed by atoms with E-state index in [-0.39, 0.29) is 0 Å². The minimum absolute atomic E-state index is 0.457. The molecule has 0 spiro atoms. The first kappa shape index (κ1) is 13.1. The van der Waals surface area contributed by atoms with E-state index >= 15 is 0 Å². The van der Waals surface area contributed by atoms with E-state index in [0.717, 1.165) is 25.7 Å². The van der Waals surface area contributed by atoms with E-state index in [9.17, 15) is 0 Å². The van der Waals surface area contributed by atoms with Crippen molar-refractivity contribution in [1.29, 1.82) is 0 Å². The molecule has 2 fully saturated rings. The summed E-state index contributed by atoms with van der Waals surface area (Å²) in [4.78, 5) is 5.15. The number of rotatable bonds is 4. The number of nitrogens with zero attached hydrogens (tertiary/aromatic N) is 4. The van der Waals surface area contributed by atoms with Gasteiger partial charge in [0.05, 0.1) is 6.20 Å². The molecule has 0 bridgehead atoms. The average molecular weight is 263 g/mol. The first-order valence-electron chi connectivity index (χ1n) is 7.42. The molecule has 3 rings (SSSR count). The van der Waals surface area contributed by atoms with Gasteiger partial charge in [0.25, 0.3) is 0 Å². The number of piperazine rings is 1. The van der Waals surface area contributed by atoms with Crippen LogP contribution in [-0.4, -0.2) is 64.9 Å². The second-order valence-electron chi connectivity index (χ2n) is 6.06. The third-order valence-electron chi connectivity index (χ3n) is 4.20. The number of hydrogen-bond donors (Lipinski definition) is 1. The molecule has 0 amide bonds. The zero-order valence-electron chi connectivity index (χ0n) is 12.0. The molecular formula is C14H25N5. The van der Waals surface area contributed by atoms with Gasteiger partial charge < -0.3 is 5.32 Å². The molecule has 3 heterocycles. The first-order chi connectivity index (χ1) is 9.22. The number of likely N-dealkylation sites (tertiary alicyclic amines) is 1. The lowest BCUT2D eigenvalue weighted by Gasteiger charge is -2.46. The fourth-order valence-electron chi connectivity index (χ4n) is 2.95. The van der Waals surface area contributed by atoms with Crippen LogP contribution >= 0.6 is 0 Å². The fraction of sp³-hybridized carbons (Fsp3) is 0.786. The van der Waals surface area contributed by atoms with Crippen LogP contribution in [0.4, 0.5) is 0 Å². The molecule has 19 heavy (non-hydrogen) atoms. The Bertz CT molecular complexity index is 402. The van der Waals surface area contributed by atoms with Gasteiger partial charge in [-0.05, 0) is 13.8 Å². The maximum absolute atomic E-state index is 4.41. The van der Waals surface area contributed by atoms with Crippen molar-refractivity contribution in [3.8, 4) is 0 Å². The summed E-state index contributed by atoms with van der Waals surface area (Å²) in [6.45, 7) is 12.5. The smallest absolute Gasteiger partial charge is 0.0534 e. The average Bonchev–Trinajstić information content (AvgIpc) is 2.83. The van der Waals surface area contributed by atoms with E-state index in [2.05, 4.69) is 40.3 Å². The Morgan fingerprint density at radius 1 is 1.32 bits per heavy atom. The Hall–Kier alpha value is -0.910. The monoisotopic (exact) mass is 263 g/mol. The molecule has 1 aromatic rings. The molecule has 0 aliphatic carbocycles. The van der Waals surface area contributed by atoms with Crippen molar-refractivity contribution in [1.82, 2.24) is 24.9 Å². The Balaban J connectivity index is 1.45. The maximum atomic E-state index is 4.41. The van der Waals surface area contributed by atoms with Crippen LogP contribution < -0.4 is 5.32 Å². The standard InChI is InChI=1S/C14H25N5/c1-12(2)19-9-13(7-16-19)8-17-10-14(11-17)18-5-3-15-4-6-18/h7,9,12,14-15H,3-6,8,10-11H2,1-2H3. The Morgan fingerprint density at radius 3 is 2.68 bits per heavy atom. The van der Waals surface area contributed by atoms with Crippen molar-refractivity contribution >= 4 is 0 Å². The summed E-state index contributed by atoms with van der Waals surface area (Å²) in [5.74, 6) is 0. The normalized spacial score (nSPS) is 22.9. The van der Waals surface area contributed by atoms with Crippen LogP contribution in [-0.2, 0) is 6.54 Å². The van der Waals surface area contributed by atoms with Crippen molar-refractivity contribution in [2.24, 2.45) is 0 Å². The molecule has 2 aliphatic rings. The molecule has 5 nitrogen and oxygen atoms in total. The number of aromatic nitrogens is 2. The van der Waals surface area contributed by atoms with Crippen molar-refractivity contribution in [3.63, 3.8) is 0 Å². The molecule has 0 radical (unpaired) electrons. The second kappa shape index (κ2) is 5.61. The van der Waals surface area contributed by atoms with Crippen LogP contribution in [0.25, 0.3) is 0 Å². The molecule has 1 N–H and O–H groups in total. The quantitative estimate of drug-likeness (QED) is 0.861. The predicted molar refractivity (Wildman–Crippen MR) is 76.1 cm³/mol. The van der Waals surface area contributed by atoms with E-state index < -0.39 is 0 Å². The summed E-state index contributed by atoms with van der Waals surface area (Å²) in [6, 6.07) is 1.24. The van der Waals surface area contributed by atoms with E-state index in [4.69, 9.17) is 0 Å². The Kier molecular flexibility index (Phi) is 3.86. The molecule has 2 saturated heterocycles. The molecular weight excluding hydrogens is 238 g/mol. The van der Waals surface area contributed by atoms with Crippen molar-refractivity contribution < 1.29 is 0 Å². The highest BCUT2D eigenvalue weighted by Crippen LogP contribution is 2.18. The molecule has 0 atom stereocenters. The predicted octanol–water partition coefficient (Wildman–Crippen LogP) is 0.553. The summed E-state index contributed by atoms with van der Waals surface area (Å²) in [6.07, 6.45) is 4.20. The third-order valence-corrected chi connectivity index (χ3v) is 4.20. The van der Waals surface area contributed by atoms with Crippen molar-refractivity contribution in [2.45, 2.75) is 32.5 Å². The van der Waals surface area contributed by atoms with Crippen LogP contribution in [0.15, 0.2) is 12.4 Å². The summed E-state index contributed by atoms with van der Waals surface area (Å²) >= 11 is 0. The van der Waals surface area contributed by atoms with Gasteiger partial charge in [0, 0.05) is 69.7 Å². The molecule has 0 unspecified atom stereocenters. The lowest BCUT2D eigenvalue weighted by Crippen LogP contribution is -2.62. The Morgan fingerprint density at radius 2 is 2.05 bits per heavy atom. The third kappa shape index (κ3) is 2.99. The summed E-state index contributed by atoms with van der Waals surface area (Å²) in [5, 5.41) is 7.82. The number of nitrogens with one attached hydrogen (secondary N) is 1. The van der Waals surface area contributed by atoms with Gasteiger partial charge in [-0.2, -0.15) is 5.10 Å². The summed E-state index contributed by atoms with van der Waals surface area (Å²) in [5.41, 5.74) is 1.34. The minimum atomic E-state index is 0.457. The summed E-state index contributed by atoms with van der Waals surface area (Å²) in [7, 11) is 0. The van der Waals surface area contributed by atoms with Gasteiger partial charge >= 0.3 is 0 Å². The molecule has 0 aromatic carbocycles. The first-order valence-corrected chi connectivity index (χ1v) is 7.42. The Labute approximate surface area is 115 Å². The van der Waals surface area contributed by atoms with Crippen LogP contribution in [0, 0.1) is 0 Å². The van der Waals surface area contributed by atoms with Gasteiger partial charge in [-0.15, -0.1) is 0 Å². The lowest BCUT2D eigenvalue weighted by molar-refractivity contribution is 0.0223. The van der Waals surface area contributed by atoms with Gasteiger partial charge in [0.2, 0.25) is 0 Å². The fourth-order valence-corrected chi connectivity index (χ4v) is 2.95. The highest BCUT2D eigenvalue weighted by atomic mass is 15.3. The van der Waals surface area contributed by atoms with E-state index in [0.29, 0.717) is 6.04 Å². The van der Waals surface area contributed by atoms with E-state index in [1.54, 1.807) is 0 Å². The zero-order valence-corrected chi connectivity index (χ0v) is 12.0. The highest BCUT2D eigenvalue weighted by Gasteiger charge is 2.32.